The van der Waals surface area contributed by atoms with Gasteiger partial charge in [-0.3, -0.25) is 4.79 Å². The second-order valence-corrected chi connectivity index (χ2v) is 4.22. The van der Waals surface area contributed by atoms with Gasteiger partial charge in [0.25, 0.3) is 5.91 Å². The van der Waals surface area contributed by atoms with E-state index in [2.05, 4.69) is 0 Å². The summed E-state index contributed by atoms with van der Waals surface area (Å²) in [6, 6.07) is 6.38. The van der Waals surface area contributed by atoms with Crippen LogP contribution in [0, 0.1) is 0 Å². The lowest BCUT2D eigenvalue weighted by atomic mass is 9.98. The van der Waals surface area contributed by atoms with Gasteiger partial charge in [0.15, 0.2) is 6.04 Å². The van der Waals surface area contributed by atoms with Crippen molar-refractivity contribution < 1.29 is 19.4 Å². The highest BCUT2D eigenvalue weighted by molar-refractivity contribution is 5.98. The van der Waals surface area contributed by atoms with Crippen molar-refractivity contribution in [3.8, 4) is 0 Å². The van der Waals surface area contributed by atoms with Gasteiger partial charge in [-0.05, 0) is 18.1 Å². The zero-order valence-electron chi connectivity index (χ0n) is 10.1. The standard InChI is InChI=1S/C13H15NO4/c1-18-8-11(13(16)17)14-7-6-9-4-2-3-5-10(9)12(14)15/h2-5,11H,6-8H2,1H3,(H,16,17). The molecule has 5 nitrogen and oxygen atoms in total. The van der Waals surface area contributed by atoms with Crippen molar-refractivity contribution in [2.45, 2.75) is 12.5 Å². The van der Waals surface area contributed by atoms with Crippen LogP contribution in [0.15, 0.2) is 24.3 Å². The minimum absolute atomic E-state index is 0.00321. The van der Waals surface area contributed by atoms with Crippen LogP contribution in [0.1, 0.15) is 15.9 Å². The van der Waals surface area contributed by atoms with Crippen LogP contribution in [0.5, 0.6) is 0 Å². The molecule has 0 aliphatic carbocycles. The average Bonchev–Trinajstić information content (AvgIpc) is 2.37. The monoisotopic (exact) mass is 249 g/mol. The molecule has 1 aliphatic heterocycles. The fourth-order valence-electron chi connectivity index (χ4n) is 2.19. The van der Waals surface area contributed by atoms with Gasteiger partial charge in [0, 0.05) is 19.2 Å². The highest BCUT2D eigenvalue weighted by Gasteiger charge is 2.33. The molecule has 1 aromatic rings. The fraction of sp³-hybridized carbons (Fsp3) is 0.385. The molecule has 1 aliphatic rings. The molecule has 0 bridgehead atoms. The number of carbonyl (C=O) groups is 2. The Morgan fingerprint density at radius 1 is 1.50 bits per heavy atom. The highest BCUT2D eigenvalue weighted by atomic mass is 16.5. The summed E-state index contributed by atoms with van der Waals surface area (Å²) in [5.74, 6) is -1.27. The lowest BCUT2D eigenvalue weighted by Gasteiger charge is -2.32. The Balaban J connectivity index is 2.27. The van der Waals surface area contributed by atoms with Crippen molar-refractivity contribution in [3.63, 3.8) is 0 Å². The molecule has 0 saturated carbocycles. The summed E-state index contributed by atoms with van der Waals surface area (Å²) in [6.07, 6.45) is 0.676. The first-order chi connectivity index (χ1) is 8.65. The number of nitrogens with zero attached hydrogens (tertiary/aromatic N) is 1. The number of aliphatic carboxylic acids is 1. The molecule has 1 amide bonds. The number of rotatable bonds is 4. The maximum absolute atomic E-state index is 12.2. The van der Waals surface area contributed by atoms with Crippen LogP contribution in [0.3, 0.4) is 0 Å². The van der Waals surface area contributed by atoms with E-state index in [1.807, 2.05) is 12.1 Å². The first kappa shape index (κ1) is 12.6. The van der Waals surface area contributed by atoms with E-state index < -0.39 is 12.0 Å². The topological polar surface area (TPSA) is 66.8 Å². The molecule has 0 fully saturated rings. The maximum atomic E-state index is 12.2. The summed E-state index contributed by atoms with van der Waals surface area (Å²) in [5.41, 5.74) is 1.56. The number of carbonyl (C=O) groups excluding carboxylic acids is 1. The van der Waals surface area contributed by atoms with E-state index in [0.29, 0.717) is 18.5 Å². The molecule has 1 aromatic carbocycles. The van der Waals surface area contributed by atoms with Gasteiger partial charge >= 0.3 is 5.97 Å². The van der Waals surface area contributed by atoms with Crippen LogP contribution in [0.2, 0.25) is 0 Å². The molecule has 0 saturated heterocycles. The first-order valence-electron chi connectivity index (χ1n) is 5.75. The molecule has 0 radical (unpaired) electrons. The maximum Gasteiger partial charge on any atom is 0.328 e. The quantitative estimate of drug-likeness (QED) is 0.856. The Kier molecular flexibility index (Phi) is 3.62. The average molecular weight is 249 g/mol. The third kappa shape index (κ3) is 2.22. The molecule has 0 spiro atoms. The molecular weight excluding hydrogens is 234 g/mol. The number of methoxy groups -OCH3 is 1. The van der Waals surface area contributed by atoms with Crippen molar-refractivity contribution in [3.05, 3.63) is 35.4 Å². The third-order valence-corrected chi connectivity index (χ3v) is 3.12. The third-order valence-electron chi connectivity index (χ3n) is 3.12. The molecule has 1 unspecified atom stereocenters. The van der Waals surface area contributed by atoms with E-state index in [9.17, 15) is 9.59 Å². The van der Waals surface area contributed by atoms with Gasteiger partial charge in [-0.1, -0.05) is 18.2 Å². The molecule has 18 heavy (non-hydrogen) atoms. The summed E-state index contributed by atoms with van der Waals surface area (Å²) in [4.78, 5) is 24.8. The van der Waals surface area contributed by atoms with Crippen LogP contribution >= 0.6 is 0 Å². The number of hydrogen-bond donors (Lipinski definition) is 1. The second-order valence-electron chi connectivity index (χ2n) is 4.22. The van der Waals surface area contributed by atoms with E-state index in [4.69, 9.17) is 9.84 Å². The van der Waals surface area contributed by atoms with Gasteiger partial charge in [0.05, 0.1) is 6.61 Å². The number of carboxylic acids is 1. The molecule has 96 valence electrons. The predicted octanol–water partition coefficient (Wildman–Crippen LogP) is 0.784. The number of carboxylic acid groups (broad SMARTS) is 1. The van der Waals surface area contributed by atoms with E-state index >= 15 is 0 Å². The summed E-state index contributed by atoms with van der Waals surface area (Å²) < 4.78 is 4.88. The van der Waals surface area contributed by atoms with Crippen LogP contribution < -0.4 is 0 Å². The molecule has 1 N–H and O–H groups in total. The largest absolute Gasteiger partial charge is 0.480 e. The van der Waals surface area contributed by atoms with Crippen molar-refractivity contribution in [2.75, 3.05) is 20.3 Å². The molecule has 5 heteroatoms. The van der Waals surface area contributed by atoms with E-state index in [0.717, 1.165) is 5.56 Å². The number of fused-ring (bicyclic) bond motifs is 1. The highest BCUT2D eigenvalue weighted by Crippen LogP contribution is 2.20. The minimum Gasteiger partial charge on any atom is -0.480 e. The number of ether oxygens (including phenoxy) is 1. The van der Waals surface area contributed by atoms with Crippen LogP contribution in [0.25, 0.3) is 0 Å². The second kappa shape index (κ2) is 5.18. The smallest absolute Gasteiger partial charge is 0.328 e. The lowest BCUT2D eigenvalue weighted by Crippen LogP contribution is -2.50. The Morgan fingerprint density at radius 2 is 2.22 bits per heavy atom. The molecule has 1 atom stereocenters. The zero-order chi connectivity index (χ0) is 13.1. The molecule has 1 heterocycles. The Hall–Kier alpha value is -1.88. The van der Waals surface area contributed by atoms with Crippen molar-refractivity contribution in [2.24, 2.45) is 0 Å². The van der Waals surface area contributed by atoms with Crippen molar-refractivity contribution in [1.82, 2.24) is 4.90 Å². The van der Waals surface area contributed by atoms with Crippen LogP contribution in [-0.4, -0.2) is 48.2 Å². The molecular formula is C13H15NO4. The fourth-order valence-corrected chi connectivity index (χ4v) is 2.19. The summed E-state index contributed by atoms with van der Waals surface area (Å²) in [5, 5.41) is 9.15. The lowest BCUT2D eigenvalue weighted by molar-refractivity contribution is -0.144. The van der Waals surface area contributed by atoms with E-state index in [1.54, 1.807) is 12.1 Å². The van der Waals surface area contributed by atoms with Gasteiger partial charge in [-0.2, -0.15) is 0 Å². The molecule has 0 aromatic heterocycles. The van der Waals surface area contributed by atoms with Crippen LogP contribution in [0.4, 0.5) is 0 Å². The minimum atomic E-state index is -1.04. The van der Waals surface area contributed by atoms with Gasteiger partial charge in [-0.25, -0.2) is 4.79 Å². The Labute approximate surface area is 105 Å². The van der Waals surface area contributed by atoms with Gasteiger partial charge in [0.1, 0.15) is 0 Å². The normalized spacial score (nSPS) is 16.3. The van der Waals surface area contributed by atoms with Crippen molar-refractivity contribution >= 4 is 11.9 Å². The molecule has 2 rings (SSSR count). The van der Waals surface area contributed by atoms with E-state index in [1.165, 1.54) is 12.0 Å². The van der Waals surface area contributed by atoms with Crippen LogP contribution in [-0.2, 0) is 16.0 Å². The number of hydrogen-bond acceptors (Lipinski definition) is 3. The Morgan fingerprint density at radius 3 is 2.89 bits per heavy atom. The summed E-state index contributed by atoms with van der Waals surface area (Å²) in [7, 11) is 1.43. The zero-order valence-corrected chi connectivity index (χ0v) is 10.1. The van der Waals surface area contributed by atoms with Crippen molar-refractivity contribution in [1.29, 1.82) is 0 Å². The SMILES string of the molecule is COCC(C(=O)O)N1CCc2ccccc2C1=O. The van der Waals surface area contributed by atoms with Gasteiger partial charge < -0.3 is 14.7 Å². The Bertz CT molecular complexity index is 472. The number of amides is 1. The summed E-state index contributed by atoms with van der Waals surface area (Å²) in [6.45, 7) is 0.416. The number of benzene rings is 1. The van der Waals surface area contributed by atoms with E-state index in [-0.39, 0.29) is 12.5 Å². The van der Waals surface area contributed by atoms with Gasteiger partial charge in [0.2, 0.25) is 0 Å². The van der Waals surface area contributed by atoms with Gasteiger partial charge in [-0.15, -0.1) is 0 Å². The first-order valence-corrected chi connectivity index (χ1v) is 5.75. The predicted molar refractivity (Wildman–Crippen MR) is 64.5 cm³/mol. The summed E-state index contributed by atoms with van der Waals surface area (Å²) >= 11 is 0.